The van der Waals surface area contributed by atoms with Crippen LogP contribution in [-0.4, -0.2) is 42.9 Å². The Morgan fingerprint density at radius 2 is 2.08 bits per heavy atom. The Labute approximate surface area is 78.6 Å². The molecule has 0 aliphatic carbocycles. The molecule has 0 aromatic carbocycles. The minimum atomic E-state index is -0.00623. The predicted molar refractivity (Wildman–Crippen MR) is 52.0 cm³/mol. The second-order valence-electron chi connectivity index (χ2n) is 2.82. The first-order chi connectivity index (χ1) is 6.07. The van der Waals surface area contributed by atoms with E-state index in [9.17, 15) is 9.59 Å². The first-order valence-electron chi connectivity index (χ1n) is 4.29. The van der Waals surface area contributed by atoms with E-state index in [4.69, 9.17) is 0 Å². The topological polar surface area (TPSA) is 49.7 Å². The lowest BCUT2D eigenvalue weighted by Gasteiger charge is -2.10. The highest BCUT2D eigenvalue weighted by molar-refractivity contribution is 5.82. The molecule has 0 aromatic heterocycles. The maximum absolute atomic E-state index is 10.8. The van der Waals surface area contributed by atoms with Crippen LogP contribution >= 0.6 is 0 Å². The van der Waals surface area contributed by atoms with Crippen molar-refractivity contribution in [3.05, 3.63) is 0 Å². The van der Waals surface area contributed by atoms with Crippen molar-refractivity contribution >= 4 is 17.9 Å². The number of rotatable bonds is 5. The summed E-state index contributed by atoms with van der Waals surface area (Å²) in [5, 5.41) is 0. The number of ketones is 1. The molecule has 0 saturated heterocycles. The summed E-state index contributed by atoms with van der Waals surface area (Å²) in [5.74, 6) is 0.106. The maximum Gasteiger partial charge on any atom is 0.219 e. The number of aliphatic imine (C=N–C) groups is 1. The van der Waals surface area contributed by atoms with Crippen LogP contribution in [0, 0.1) is 0 Å². The lowest BCUT2D eigenvalue weighted by molar-refractivity contribution is -0.126. The summed E-state index contributed by atoms with van der Waals surface area (Å²) < 4.78 is 0. The summed E-state index contributed by atoms with van der Waals surface area (Å²) in [6.45, 7) is 3.99. The van der Waals surface area contributed by atoms with Crippen LogP contribution in [0.15, 0.2) is 4.99 Å². The number of hydrogen-bond donors (Lipinski definition) is 0. The normalized spacial score (nSPS) is 10.4. The highest BCUT2D eigenvalue weighted by atomic mass is 16.2. The minimum Gasteiger partial charge on any atom is -0.341 e. The van der Waals surface area contributed by atoms with E-state index in [1.165, 1.54) is 11.8 Å². The third kappa shape index (κ3) is 6.02. The molecule has 0 aliphatic heterocycles. The monoisotopic (exact) mass is 184 g/mol. The van der Waals surface area contributed by atoms with Gasteiger partial charge in [-0.05, 0) is 0 Å². The predicted octanol–water partition coefficient (Wildman–Crippen LogP) is 0.515. The van der Waals surface area contributed by atoms with E-state index in [2.05, 4.69) is 4.99 Å². The van der Waals surface area contributed by atoms with E-state index < -0.39 is 0 Å². The Balaban J connectivity index is 3.63. The van der Waals surface area contributed by atoms with Crippen LogP contribution < -0.4 is 0 Å². The van der Waals surface area contributed by atoms with Gasteiger partial charge in [-0.1, -0.05) is 6.92 Å². The van der Waals surface area contributed by atoms with Crippen molar-refractivity contribution in [2.75, 3.05) is 20.1 Å². The number of carbonyl (C=O) groups is 2. The van der Waals surface area contributed by atoms with Gasteiger partial charge in [0, 0.05) is 26.6 Å². The van der Waals surface area contributed by atoms with Crippen molar-refractivity contribution in [3.8, 4) is 0 Å². The van der Waals surface area contributed by atoms with Gasteiger partial charge in [0.2, 0.25) is 5.91 Å². The smallest absolute Gasteiger partial charge is 0.219 e. The van der Waals surface area contributed by atoms with Crippen molar-refractivity contribution in [3.63, 3.8) is 0 Å². The number of Topliss-reactive ketones (excluding diaryl/α,β-unsaturated/α-hetero) is 1. The quantitative estimate of drug-likeness (QED) is 0.585. The van der Waals surface area contributed by atoms with Gasteiger partial charge in [-0.3, -0.25) is 14.6 Å². The Bertz CT molecular complexity index is 212. The molecule has 1 amide bonds. The van der Waals surface area contributed by atoms with Crippen molar-refractivity contribution < 1.29 is 9.59 Å². The van der Waals surface area contributed by atoms with Gasteiger partial charge in [-0.25, -0.2) is 0 Å². The van der Waals surface area contributed by atoms with E-state index in [-0.39, 0.29) is 18.2 Å². The van der Waals surface area contributed by atoms with Gasteiger partial charge in [0.15, 0.2) is 5.78 Å². The van der Waals surface area contributed by atoms with E-state index in [1.807, 2.05) is 0 Å². The number of hydrogen-bond acceptors (Lipinski definition) is 3. The summed E-state index contributed by atoms with van der Waals surface area (Å²) in [5.41, 5.74) is 0. The van der Waals surface area contributed by atoms with Gasteiger partial charge >= 0.3 is 0 Å². The molecule has 74 valence electrons. The van der Waals surface area contributed by atoms with Gasteiger partial charge in [0.25, 0.3) is 0 Å². The fourth-order valence-corrected chi connectivity index (χ4v) is 0.587. The fourth-order valence-electron chi connectivity index (χ4n) is 0.587. The van der Waals surface area contributed by atoms with E-state index in [0.717, 1.165) is 0 Å². The molecule has 0 aliphatic rings. The average Bonchev–Trinajstić information content (AvgIpc) is 2.11. The van der Waals surface area contributed by atoms with Gasteiger partial charge in [-0.15, -0.1) is 0 Å². The van der Waals surface area contributed by atoms with E-state index in [0.29, 0.717) is 13.0 Å². The van der Waals surface area contributed by atoms with Crippen LogP contribution in [0.5, 0.6) is 0 Å². The molecule has 0 radical (unpaired) electrons. The Morgan fingerprint density at radius 1 is 1.46 bits per heavy atom. The molecule has 0 unspecified atom stereocenters. The second-order valence-corrected chi connectivity index (χ2v) is 2.82. The second kappa shape index (κ2) is 6.34. The van der Waals surface area contributed by atoms with Crippen molar-refractivity contribution in [2.24, 2.45) is 4.99 Å². The van der Waals surface area contributed by atoms with E-state index in [1.54, 1.807) is 20.2 Å². The Morgan fingerprint density at radius 3 is 2.54 bits per heavy atom. The molecule has 0 aromatic rings. The Hall–Kier alpha value is -1.19. The summed E-state index contributed by atoms with van der Waals surface area (Å²) in [6.07, 6.45) is 2.11. The van der Waals surface area contributed by atoms with Gasteiger partial charge < -0.3 is 4.90 Å². The average molecular weight is 184 g/mol. The SMILES string of the molecule is CCC(=O)CN=CCN(C)C(C)=O. The third-order valence-electron chi connectivity index (χ3n) is 1.68. The zero-order valence-corrected chi connectivity index (χ0v) is 8.41. The van der Waals surface area contributed by atoms with Crippen molar-refractivity contribution in [2.45, 2.75) is 20.3 Å². The lowest BCUT2D eigenvalue weighted by atomic mass is 10.3. The number of amides is 1. The number of nitrogens with zero attached hydrogens (tertiary/aromatic N) is 2. The molecular weight excluding hydrogens is 168 g/mol. The van der Waals surface area contributed by atoms with Crippen LogP contribution in [0.3, 0.4) is 0 Å². The zero-order chi connectivity index (χ0) is 10.3. The molecular formula is C9H16N2O2. The molecule has 0 N–H and O–H groups in total. The first-order valence-corrected chi connectivity index (χ1v) is 4.29. The standard InChI is InChI=1S/C9H16N2O2/c1-4-9(13)7-10-5-6-11(3)8(2)12/h5H,4,6-7H2,1-3H3. The summed E-state index contributed by atoms with van der Waals surface area (Å²) in [4.78, 5) is 26.9. The molecule has 4 nitrogen and oxygen atoms in total. The molecule has 0 saturated carbocycles. The van der Waals surface area contributed by atoms with Gasteiger partial charge in [0.05, 0.1) is 13.1 Å². The highest BCUT2D eigenvalue weighted by Gasteiger charge is 1.98. The van der Waals surface area contributed by atoms with Crippen LogP contribution in [0.1, 0.15) is 20.3 Å². The molecule has 0 spiro atoms. The molecule has 4 heteroatoms. The molecule has 13 heavy (non-hydrogen) atoms. The van der Waals surface area contributed by atoms with Crippen LogP contribution in [-0.2, 0) is 9.59 Å². The third-order valence-corrected chi connectivity index (χ3v) is 1.68. The molecule has 0 fully saturated rings. The highest BCUT2D eigenvalue weighted by Crippen LogP contribution is 1.83. The van der Waals surface area contributed by atoms with Crippen LogP contribution in [0.2, 0.25) is 0 Å². The minimum absolute atomic E-state index is 0.00623. The zero-order valence-electron chi connectivity index (χ0n) is 8.41. The van der Waals surface area contributed by atoms with Gasteiger partial charge in [0.1, 0.15) is 0 Å². The van der Waals surface area contributed by atoms with Crippen LogP contribution in [0.4, 0.5) is 0 Å². The number of carbonyl (C=O) groups excluding carboxylic acids is 2. The molecule has 0 bridgehead atoms. The summed E-state index contributed by atoms with van der Waals surface area (Å²) in [7, 11) is 1.69. The Kier molecular flexibility index (Phi) is 5.76. The summed E-state index contributed by atoms with van der Waals surface area (Å²) >= 11 is 0. The summed E-state index contributed by atoms with van der Waals surface area (Å²) in [6, 6.07) is 0. The maximum atomic E-state index is 10.8. The molecule has 0 rings (SSSR count). The van der Waals surface area contributed by atoms with Crippen molar-refractivity contribution in [1.29, 1.82) is 0 Å². The van der Waals surface area contributed by atoms with E-state index >= 15 is 0 Å². The van der Waals surface area contributed by atoms with Crippen molar-refractivity contribution in [1.82, 2.24) is 4.90 Å². The fraction of sp³-hybridized carbons (Fsp3) is 0.667. The van der Waals surface area contributed by atoms with Gasteiger partial charge in [-0.2, -0.15) is 0 Å². The largest absolute Gasteiger partial charge is 0.341 e. The molecule has 0 atom stereocenters. The first kappa shape index (κ1) is 11.8. The van der Waals surface area contributed by atoms with Crippen LogP contribution in [0.25, 0.3) is 0 Å². The lowest BCUT2D eigenvalue weighted by Crippen LogP contribution is -2.25. The molecule has 0 heterocycles.